The van der Waals surface area contributed by atoms with E-state index in [1.807, 2.05) is 0 Å². The molecule has 0 bridgehead atoms. The standard InChI is InChI=1S/C15H23NO/c1-3-12(2)13-6-8-14(9-7-13)17-15-5-4-10-16-11-15/h6-9,12,15-16H,3-5,10-11H2,1-2H3. The molecular formula is C15H23NO. The highest BCUT2D eigenvalue weighted by molar-refractivity contribution is 5.29. The van der Waals surface area contributed by atoms with E-state index in [-0.39, 0.29) is 0 Å². The quantitative estimate of drug-likeness (QED) is 0.861. The minimum absolute atomic E-state index is 0.346. The van der Waals surface area contributed by atoms with E-state index in [1.54, 1.807) is 0 Å². The zero-order chi connectivity index (χ0) is 12.1. The molecule has 1 aromatic rings. The van der Waals surface area contributed by atoms with Crippen LogP contribution in [0.1, 0.15) is 44.6 Å². The lowest BCUT2D eigenvalue weighted by molar-refractivity contribution is 0.167. The highest BCUT2D eigenvalue weighted by Gasteiger charge is 2.14. The number of hydrogen-bond acceptors (Lipinski definition) is 2. The van der Waals surface area contributed by atoms with Crippen molar-refractivity contribution in [3.8, 4) is 5.75 Å². The predicted octanol–water partition coefficient (Wildman–Crippen LogP) is 3.33. The molecule has 94 valence electrons. The van der Waals surface area contributed by atoms with Gasteiger partial charge in [0, 0.05) is 6.54 Å². The molecule has 2 nitrogen and oxygen atoms in total. The molecule has 1 fully saturated rings. The van der Waals surface area contributed by atoms with Crippen LogP contribution in [-0.2, 0) is 0 Å². The number of hydrogen-bond donors (Lipinski definition) is 1. The molecule has 1 aromatic carbocycles. The first-order chi connectivity index (χ1) is 8.29. The Balaban J connectivity index is 1.93. The second-order valence-corrected chi connectivity index (χ2v) is 4.96. The zero-order valence-electron chi connectivity index (χ0n) is 10.9. The first kappa shape index (κ1) is 12.4. The Labute approximate surface area is 104 Å². The molecule has 0 aliphatic carbocycles. The van der Waals surface area contributed by atoms with Crippen LogP contribution in [0.2, 0.25) is 0 Å². The average molecular weight is 233 g/mol. The van der Waals surface area contributed by atoms with Gasteiger partial charge in [-0.25, -0.2) is 0 Å². The monoisotopic (exact) mass is 233 g/mol. The van der Waals surface area contributed by atoms with Crippen molar-refractivity contribution in [1.82, 2.24) is 5.32 Å². The maximum atomic E-state index is 5.96. The van der Waals surface area contributed by atoms with Crippen LogP contribution in [0.4, 0.5) is 0 Å². The van der Waals surface area contributed by atoms with Crippen molar-refractivity contribution in [2.24, 2.45) is 0 Å². The summed E-state index contributed by atoms with van der Waals surface area (Å²) in [5.41, 5.74) is 1.40. The van der Waals surface area contributed by atoms with Gasteiger partial charge >= 0.3 is 0 Å². The Kier molecular flexibility index (Phi) is 4.43. The molecule has 1 saturated heterocycles. The minimum Gasteiger partial charge on any atom is -0.489 e. The third kappa shape index (κ3) is 3.47. The second-order valence-electron chi connectivity index (χ2n) is 4.96. The zero-order valence-corrected chi connectivity index (χ0v) is 10.9. The molecule has 1 aliphatic rings. The summed E-state index contributed by atoms with van der Waals surface area (Å²) in [4.78, 5) is 0. The van der Waals surface area contributed by atoms with Crippen molar-refractivity contribution in [3.63, 3.8) is 0 Å². The highest BCUT2D eigenvalue weighted by Crippen LogP contribution is 2.22. The summed E-state index contributed by atoms with van der Waals surface area (Å²) in [6.07, 6.45) is 3.92. The SMILES string of the molecule is CCC(C)c1ccc(OC2CCCNC2)cc1. The second kappa shape index (κ2) is 6.06. The van der Waals surface area contributed by atoms with Crippen LogP contribution < -0.4 is 10.1 Å². The Bertz CT molecular complexity index is 327. The molecule has 0 amide bonds. The van der Waals surface area contributed by atoms with Crippen LogP contribution in [0.5, 0.6) is 5.75 Å². The van der Waals surface area contributed by atoms with Crippen LogP contribution in [0.25, 0.3) is 0 Å². The molecule has 2 unspecified atom stereocenters. The van der Waals surface area contributed by atoms with Crippen LogP contribution in [0.15, 0.2) is 24.3 Å². The maximum absolute atomic E-state index is 5.96. The van der Waals surface area contributed by atoms with E-state index in [0.717, 1.165) is 18.8 Å². The van der Waals surface area contributed by atoms with E-state index in [1.165, 1.54) is 24.8 Å². The smallest absolute Gasteiger partial charge is 0.119 e. The third-order valence-electron chi connectivity index (χ3n) is 3.62. The Morgan fingerprint density at radius 2 is 2.12 bits per heavy atom. The van der Waals surface area contributed by atoms with Gasteiger partial charge in [-0.1, -0.05) is 26.0 Å². The summed E-state index contributed by atoms with van der Waals surface area (Å²) in [6.45, 7) is 6.60. The van der Waals surface area contributed by atoms with Crippen molar-refractivity contribution in [3.05, 3.63) is 29.8 Å². The summed E-state index contributed by atoms with van der Waals surface area (Å²) in [6, 6.07) is 8.60. The topological polar surface area (TPSA) is 21.3 Å². The maximum Gasteiger partial charge on any atom is 0.119 e. The first-order valence-corrected chi connectivity index (χ1v) is 6.77. The van der Waals surface area contributed by atoms with Gasteiger partial charge in [-0.15, -0.1) is 0 Å². The van der Waals surface area contributed by atoms with E-state index < -0.39 is 0 Å². The molecule has 17 heavy (non-hydrogen) atoms. The van der Waals surface area contributed by atoms with Gasteiger partial charge in [0.05, 0.1) is 0 Å². The van der Waals surface area contributed by atoms with Crippen molar-refractivity contribution in [2.45, 2.75) is 45.1 Å². The fourth-order valence-corrected chi connectivity index (χ4v) is 2.22. The van der Waals surface area contributed by atoms with Gasteiger partial charge in [0.2, 0.25) is 0 Å². The Hall–Kier alpha value is -1.02. The van der Waals surface area contributed by atoms with Gasteiger partial charge in [-0.2, -0.15) is 0 Å². The van der Waals surface area contributed by atoms with Crippen molar-refractivity contribution >= 4 is 0 Å². The number of ether oxygens (including phenoxy) is 1. The van der Waals surface area contributed by atoms with E-state index in [2.05, 4.69) is 43.4 Å². The summed E-state index contributed by atoms with van der Waals surface area (Å²) >= 11 is 0. The lowest BCUT2D eigenvalue weighted by atomic mass is 9.99. The first-order valence-electron chi connectivity index (χ1n) is 6.77. The fourth-order valence-electron chi connectivity index (χ4n) is 2.22. The number of benzene rings is 1. The molecule has 0 saturated carbocycles. The fraction of sp³-hybridized carbons (Fsp3) is 0.600. The summed E-state index contributed by atoms with van der Waals surface area (Å²) in [5.74, 6) is 1.64. The molecule has 0 radical (unpaired) electrons. The minimum atomic E-state index is 0.346. The third-order valence-corrected chi connectivity index (χ3v) is 3.62. The normalized spacial score (nSPS) is 22.1. The van der Waals surface area contributed by atoms with Gasteiger partial charge in [0.25, 0.3) is 0 Å². The van der Waals surface area contributed by atoms with Gasteiger partial charge in [0.15, 0.2) is 0 Å². The van der Waals surface area contributed by atoms with Crippen molar-refractivity contribution in [2.75, 3.05) is 13.1 Å². The molecule has 2 rings (SSSR count). The van der Waals surface area contributed by atoms with E-state index >= 15 is 0 Å². The van der Waals surface area contributed by atoms with Crippen LogP contribution in [-0.4, -0.2) is 19.2 Å². The van der Waals surface area contributed by atoms with Gasteiger partial charge in [-0.3, -0.25) is 0 Å². The Morgan fingerprint density at radius 1 is 1.35 bits per heavy atom. The van der Waals surface area contributed by atoms with Crippen LogP contribution in [0.3, 0.4) is 0 Å². The summed E-state index contributed by atoms with van der Waals surface area (Å²) < 4.78 is 5.96. The van der Waals surface area contributed by atoms with Crippen molar-refractivity contribution in [1.29, 1.82) is 0 Å². The lowest BCUT2D eigenvalue weighted by Gasteiger charge is -2.24. The molecule has 2 atom stereocenters. The molecule has 2 heteroatoms. The number of nitrogens with one attached hydrogen (secondary N) is 1. The molecule has 1 heterocycles. The molecule has 1 aliphatic heterocycles. The van der Waals surface area contributed by atoms with Gasteiger partial charge < -0.3 is 10.1 Å². The number of piperidine rings is 1. The molecular weight excluding hydrogens is 210 g/mol. The van der Waals surface area contributed by atoms with Crippen molar-refractivity contribution < 1.29 is 4.74 Å². The average Bonchev–Trinajstić information content (AvgIpc) is 2.40. The molecule has 0 spiro atoms. The number of rotatable bonds is 4. The summed E-state index contributed by atoms with van der Waals surface area (Å²) in [7, 11) is 0. The highest BCUT2D eigenvalue weighted by atomic mass is 16.5. The van der Waals surface area contributed by atoms with E-state index in [9.17, 15) is 0 Å². The molecule has 1 N–H and O–H groups in total. The van der Waals surface area contributed by atoms with E-state index in [4.69, 9.17) is 4.74 Å². The van der Waals surface area contributed by atoms with E-state index in [0.29, 0.717) is 12.0 Å². The largest absolute Gasteiger partial charge is 0.489 e. The summed E-state index contributed by atoms with van der Waals surface area (Å²) in [5, 5.41) is 3.37. The van der Waals surface area contributed by atoms with Crippen LogP contribution >= 0.6 is 0 Å². The van der Waals surface area contributed by atoms with Gasteiger partial charge in [0.1, 0.15) is 11.9 Å². The van der Waals surface area contributed by atoms with Crippen LogP contribution in [0, 0.1) is 0 Å². The van der Waals surface area contributed by atoms with Gasteiger partial charge in [-0.05, 0) is 49.4 Å². The predicted molar refractivity (Wildman–Crippen MR) is 71.7 cm³/mol. The molecule has 0 aromatic heterocycles. The lowest BCUT2D eigenvalue weighted by Crippen LogP contribution is -2.37. The Morgan fingerprint density at radius 3 is 2.71 bits per heavy atom.